The SMILES string of the molecule is CN(CCCCN(C)C[C@@H](O)COC1C(O)C(N)CC(N)C1OC1OC(CN)C(O)C(O)C1N)C[C@@H](O)COC1C(O)C(N)CC(N)C1OC1OC(CN)C(O)C(O)C1N. The molecule has 0 spiro atoms. The number of aliphatic hydroxyl groups is 8. The minimum absolute atomic E-state index is 0.103. The first kappa shape index (κ1) is 51.7. The summed E-state index contributed by atoms with van der Waals surface area (Å²) < 4.78 is 35.5. The van der Waals surface area contributed by atoms with E-state index in [-0.39, 0.29) is 52.2 Å². The molecule has 22 atom stereocenters. The zero-order valence-electron chi connectivity index (χ0n) is 34.7. The first-order valence-corrected chi connectivity index (χ1v) is 20.9. The van der Waals surface area contributed by atoms with Gasteiger partial charge in [0, 0.05) is 50.3 Å². The van der Waals surface area contributed by atoms with Crippen LogP contribution in [0.3, 0.4) is 0 Å². The van der Waals surface area contributed by atoms with E-state index in [1.54, 1.807) is 0 Å². The predicted octanol–water partition coefficient (Wildman–Crippen LogP) is -9.80. The largest absolute Gasteiger partial charge is 0.389 e. The summed E-state index contributed by atoms with van der Waals surface area (Å²) in [6.07, 6.45) is -16.1. The van der Waals surface area contributed by atoms with Crippen LogP contribution in [0, 0.1) is 0 Å². The van der Waals surface area contributed by atoms with E-state index >= 15 is 0 Å². The average molecular weight is 873 g/mol. The summed E-state index contributed by atoms with van der Waals surface area (Å²) in [7, 11) is 3.70. The number of rotatable bonds is 21. The van der Waals surface area contributed by atoms with Gasteiger partial charge in [0.15, 0.2) is 12.6 Å². The fourth-order valence-corrected chi connectivity index (χ4v) is 8.35. The molecule has 20 unspecified atom stereocenters. The molecule has 4 rings (SSSR count). The molecule has 0 aromatic heterocycles. The Balaban J connectivity index is 1.18. The zero-order valence-corrected chi connectivity index (χ0v) is 34.7. The molecule has 4 aliphatic rings. The fraction of sp³-hybridized carbons (Fsp3) is 1.00. The molecular weight excluding hydrogens is 796 g/mol. The Morgan fingerprint density at radius 3 is 1.22 bits per heavy atom. The van der Waals surface area contributed by atoms with E-state index < -0.39 is 134 Å². The Morgan fingerprint density at radius 1 is 0.533 bits per heavy atom. The third-order valence-electron chi connectivity index (χ3n) is 12.0. The van der Waals surface area contributed by atoms with Gasteiger partial charge in [-0.25, -0.2) is 0 Å². The van der Waals surface area contributed by atoms with Crippen LogP contribution in [0.2, 0.25) is 0 Å². The van der Waals surface area contributed by atoms with E-state index in [0.717, 1.165) is 12.8 Å². The molecule has 24 N–H and O–H groups in total. The molecular formula is C36H76N10O14. The number of aliphatic hydroxyl groups excluding tert-OH is 8. The molecule has 60 heavy (non-hydrogen) atoms. The fourth-order valence-electron chi connectivity index (χ4n) is 8.35. The predicted molar refractivity (Wildman–Crippen MR) is 214 cm³/mol. The lowest BCUT2D eigenvalue weighted by molar-refractivity contribution is -0.292. The summed E-state index contributed by atoms with van der Waals surface area (Å²) in [4.78, 5) is 3.86. The van der Waals surface area contributed by atoms with Crippen molar-refractivity contribution in [1.29, 1.82) is 0 Å². The molecule has 2 heterocycles. The molecule has 354 valence electrons. The van der Waals surface area contributed by atoms with Crippen LogP contribution in [0.1, 0.15) is 25.7 Å². The van der Waals surface area contributed by atoms with Crippen LogP contribution >= 0.6 is 0 Å². The van der Waals surface area contributed by atoms with Gasteiger partial charge < -0.3 is 125 Å². The standard InChI is InChI=1S/C36H76N10O14/c1-45(11-15(47)13-55-33-25(49)17(39)7-19(41)31(33)59-35-23(43)29(53)27(51)21(9-37)57-35)5-3-4-6-46(2)12-16(48)14-56-34-26(50)18(40)8-20(42)32(34)60-36-24(44)30(54)28(52)22(10-38)58-36/h15-36,47-54H,3-14,37-44H2,1-2H3/t15-,16-,17?,18?,19?,20?,21?,22?,23?,24?,25?,26?,27?,28?,29?,30?,31?,32?,33?,34?,35?,36?/m1/s1. The molecule has 24 heteroatoms. The van der Waals surface area contributed by atoms with E-state index in [4.69, 9.17) is 74.3 Å². The van der Waals surface area contributed by atoms with Gasteiger partial charge in [-0.2, -0.15) is 0 Å². The molecule has 0 aromatic carbocycles. The third-order valence-corrected chi connectivity index (χ3v) is 12.0. The average Bonchev–Trinajstić information content (AvgIpc) is 3.20. The van der Waals surface area contributed by atoms with Crippen LogP contribution in [0.15, 0.2) is 0 Å². The van der Waals surface area contributed by atoms with E-state index in [1.807, 2.05) is 23.9 Å². The lowest BCUT2D eigenvalue weighted by Crippen LogP contribution is -2.68. The van der Waals surface area contributed by atoms with Crippen LogP contribution < -0.4 is 45.9 Å². The summed E-state index contributed by atoms with van der Waals surface area (Å²) in [5, 5.41) is 84.8. The molecule has 0 amide bonds. The quantitative estimate of drug-likeness (QED) is 0.0476. The van der Waals surface area contributed by atoms with Gasteiger partial charge in [0.25, 0.3) is 0 Å². The maximum absolute atomic E-state index is 10.9. The number of likely N-dealkylation sites (N-methyl/N-ethyl adjacent to an activating group) is 2. The number of nitrogens with two attached hydrogens (primary N) is 8. The van der Waals surface area contributed by atoms with Gasteiger partial charge in [-0.05, 0) is 52.9 Å². The first-order valence-electron chi connectivity index (χ1n) is 20.9. The van der Waals surface area contributed by atoms with Crippen molar-refractivity contribution in [2.75, 3.05) is 66.6 Å². The van der Waals surface area contributed by atoms with Gasteiger partial charge in [-0.1, -0.05) is 0 Å². The van der Waals surface area contributed by atoms with Crippen LogP contribution in [0.4, 0.5) is 0 Å². The maximum Gasteiger partial charge on any atom is 0.176 e. The van der Waals surface area contributed by atoms with Gasteiger partial charge >= 0.3 is 0 Å². The van der Waals surface area contributed by atoms with Crippen LogP contribution in [-0.2, 0) is 28.4 Å². The van der Waals surface area contributed by atoms with Crippen LogP contribution in [0.5, 0.6) is 0 Å². The smallest absolute Gasteiger partial charge is 0.176 e. The van der Waals surface area contributed by atoms with Gasteiger partial charge in [-0.3, -0.25) is 0 Å². The van der Waals surface area contributed by atoms with Crippen molar-refractivity contribution >= 4 is 0 Å². The zero-order chi connectivity index (χ0) is 44.6. The van der Waals surface area contributed by atoms with Crippen molar-refractivity contribution in [2.45, 2.75) is 160 Å². The summed E-state index contributed by atoms with van der Waals surface area (Å²) in [6, 6.07) is -5.13. The summed E-state index contributed by atoms with van der Waals surface area (Å²) in [5.41, 5.74) is 48.5. The second-order valence-corrected chi connectivity index (χ2v) is 17.1. The Bertz CT molecular complexity index is 1160. The Hall–Kier alpha value is -0.960. The van der Waals surface area contributed by atoms with Crippen molar-refractivity contribution in [3.63, 3.8) is 0 Å². The van der Waals surface area contributed by atoms with E-state index in [2.05, 4.69) is 0 Å². The molecule has 0 aromatic rings. The number of nitrogens with zero attached hydrogens (tertiary/aromatic N) is 2. The monoisotopic (exact) mass is 873 g/mol. The van der Waals surface area contributed by atoms with E-state index in [1.165, 1.54) is 0 Å². The summed E-state index contributed by atoms with van der Waals surface area (Å²) in [5.74, 6) is 0. The summed E-state index contributed by atoms with van der Waals surface area (Å²) >= 11 is 0. The van der Waals surface area contributed by atoms with Crippen molar-refractivity contribution in [3.8, 4) is 0 Å². The third kappa shape index (κ3) is 13.3. The molecule has 0 radical (unpaired) electrons. The Kier molecular flexibility index (Phi) is 20.5. The number of hydrogen-bond donors (Lipinski definition) is 16. The Morgan fingerprint density at radius 2 is 0.883 bits per heavy atom. The number of hydrogen-bond acceptors (Lipinski definition) is 24. The van der Waals surface area contributed by atoms with Gasteiger partial charge in [-0.15, -0.1) is 0 Å². The molecule has 2 aliphatic heterocycles. The molecule has 2 saturated heterocycles. The lowest BCUT2D eigenvalue weighted by atomic mass is 9.84. The molecule has 2 aliphatic carbocycles. The van der Waals surface area contributed by atoms with Gasteiger partial charge in [0.2, 0.25) is 0 Å². The summed E-state index contributed by atoms with van der Waals surface area (Å²) in [6.45, 7) is 1.21. The highest BCUT2D eigenvalue weighted by Crippen LogP contribution is 2.30. The first-order chi connectivity index (χ1) is 28.3. The second kappa shape index (κ2) is 23.8. The highest BCUT2D eigenvalue weighted by molar-refractivity contribution is 5.02. The maximum atomic E-state index is 10.9. The normalized spacial score (nSPS) is 44.0. The minimum Gasteiger partial charge on any atom is -0.389 e. The molecule has 24 nitrogen and oxygen atoms in total. The van der Waals surface area contributed by atoms with Crippen molar-refractivity contribution in [1.82, 2.24) is 9.80 Å². The topological polar surface area (TPSA) is 432 Å². The molecule has 4 fully saturated rings. The van der Waals surface area contributed by atoms with E-state index in [9.17, 15) is 40.9 Å². The van der Waals surface area contributed by atoms with Crippen molar-refractivity contribution in [2.24, 2.45) is 45.9 Å². The molecule has 2 saturated carbocycles. The lowest BCUT2D eigenvalue weighted by Gasteiger charge is -2.47. The van der Waals surface area contributed by atoms with E-state index in [0.29, 0.717) is 13.1 Å². The van der Waals surface area contributed by atoms with Crippen LogP contribution in [-0.4, -0.2) is 252 Å². The van der Waals surface area contributed by atoms with Gasteiger partial charge in [0.05, 0.1) is 49.7 Å². The second-order valence-electron chi connectivity index (χ2n) is 17.1. The van der Waals surface area contributed by atoms with Gasteiger partial charge in [0.1, 0.15) is 61.0 Å². The number of ether oxygens (including phenoxy) is 6. The van der Waals surface area contributed by atoms with Crippen LogP contribution in [0.25, 0.3) is 0 Å². The minimum atomic E-state index is -1.38. The highest BCUT2D eigenvalue weighted by atomic mass is 16.7. The van der Waals surface area contributed by atoms with Crippen molar-refractivity contribution in [3.05, 3.63) is 0 Å². The highest BCUT2D eigenvalue weighted by Gasteiger charge is 2.50. The Labute approximate surface area is 351 Å². The van der Waals surface area contributed by atoms with Crippen molar-refractivity contribution < 1.29 is 69.3 Å². The molecule has 0 bridgehead atoms. The number of unbranched alkanes of at least 4 members (excludes halogenated alkanes) is 1.